The van der Waals surface area contributed by atoms with Crippen LogP contribution in [0.5, 0.6) is 0 Å². The molecule has 1 amide bonds. The molecule has 4 rings (SSSR count). The lowest BCUT2D eigenvalue weighted by Gasteiger charge is -2.20. The number of hydrogen-bond acceptors (Lipinski definition) is 4. The summed E-state index contributed by atoms with van der Waals surface area (Å²) in [5, 5.41) is 17.6. The average molecular weight is 370 g/mol. The van der Waals surface area contributed by atoms with Crippen LogP contribution in [-0.4, -0.2) is 38.3 Å². The van der Waals surface area contributed by atoms with Crippen LogP contribution >= 0.6 is 0 Å². The number of carbonyl (C=O) groups is 2. The second-order valence-corrected chi connectivity index (χ2v) is 9.00. The molecule has 2 saturated carbocycles. The van der Waals surface area contributed by atoms with Gasteiger partial charge in [0, 0.05) is 18.2 Å². The van der Waals surface area contributed by atoms with Crippen LogP contribution in [-0.2, 0) is 10.3 Å². The van der Waals surface area contributed by atoms with Crippen molar-refractivity contribution in [3.63, 3.8) is 0 Å². The number of fused-ring (bicyclic) bond motifs is 1. The number of aromatic nitrogens is 3. The normalized spacial score (nSPS) is 18.5. The molecule has 2 aromatic rings. The molecule has 0 aromatic carbocycles. The van der Waals surface area contributed by atoms with E-state index in [1.54, 1.807) is 0 Å². The minimum Gasteiger partial charge on any atom is -0.481 e. The smallest absolute Gasteiger partial charge is 0.311 e. The Balaban J connectivity index is 1.76. The van der Waals surface area contributed by atoms with Gasteiger partial charge in [0.25, 0.3) is 5.91 Å². The van der Waals surface area contributed by atoms with Crippen LogP contribution in [0.15, 0.2) is 6.07 Å². The molecule has 2 aliphatic rings. The highest BCUT2D eigenvalue weighted by molar-refractivity contribution is 6.06. The molecule has 2 aliphatic carbocycles. The van der Waals surface area contributed by atoms with Crippen LogP contribution in [0.2, 0.25) is 0 Å². The van der Waals surface area contributed by atoms with E-state index in [0.717, 1.165) is 35.3 Å². The van der Waals surface area contributed by atoms with Crippen molar-refractivity contribution in [2.24, 2.45) is 5.41 Å². The van der Waals surface area contributed by atoms with E-state index in [0.29, 0.717) is 24.3 Å². The molecule has 0 spiro atoms. The monoisotopic (exact) mass is 370 g/mol. The van der Waals surface area contributed by atoms with Gasteiger partial charge in [-0.15, -0.1) is 0 Å². The zero-order valence-corrected chi connectivity index (χ0v) is 16.3. The molecular formula is C20H26N4O3. The largest absolute Gasteiger partial charge is 0.481 e. The van der Waals surface area contributed by atoms with Gasteiger partial charge in [0.1, 0.15) is 0 Å². The number of rotatable bonds is 5. The van der Waals surface area contributed by atoms with Gasteiger partial charge in [-0.25, -0.2) is 9.67 Å². The van der Waals surface area contributed by atoms with Crippen molar-refractivity contribution in [2.75, 3.05) is 6.54 Å². The SMILES string of the molecule is Cc1nn(C(C)(C)C)c2nc(C3CC3)cc(C(=O)NCC3(C(=O)O)CC3)c12. The molecule has 2 N–H and O–H groups in total. The van der Waals surface area contributed by atoms with Crippen molar-refractivity contribution >= 4 is 22.9 Å². The number of hydrogen-bond donors (Lipinski definition) is 2. The molecular weight excluding hydrogens is 344 g/mol. The van der Waals surface area contributed by atoms with Crippen LogP contribution < -0.4 is 5.32 Å². The Hall–Kier alpha value is -2.44. The van der Waals surface area contributed by atoms with Crippen molar-refractivity contribution in [1.29, 1.82) is 0 Å². The van der Waals surface area contributed by atoms with E-state index in [1.165, 1.54) is 0 Å². The highest BCUT2D eigenvalue weighted by atomic mass is 16.4. The molecule has 27 heavy (non-hydrogen) atoms. The van der Waals surface area contributed by atoms with Crippen molar-refractivity contribution in [1.82, 2.24) is 20.1 Å². The Morgan fingerprint density at radius 1 is 1.33 bits per heavy atom. The number of amides is 1. The molecule has 0 radical (unpaired) electrons. The summed E-state index contributed by atoms with van der Waals surface area (Å²) >= 11 is 0. The van der Waals surface area contributed by atoms with Crippen LogP contribution in [0.1, 0.15) is 74.1 Å². The summed E-state index contributed by atoms with van der Waals surface area (Å²) < 4.78 is 1.89. The van der Waals surface area contributed by atoms with E-state index < -0.39 is 11.4 Å². The first-order valence-corrected chi connectivity index (χ1v) is 9.55. The number of pyridine rings is 1. The predicted molar refractivity (Wildman–Crippen MR) is 101 cm³/mol. The van der Waals surface area contributed by atoms with Crippen molar-refractivity contribution in [2.45, 2.75) is 64.8 Å². The molecule has 144 valence electrons. The summed E-state index contributed by atoms with van der Waals surface area (Å²) in [4.78, 5) is 29.2. The van der Waals surface area contributed by atoms with Gasteiger partial charge in [-0.1, -0.05) is 0 Å². The number of nitrogens with zero attached hydrogens (tertiary/aromatic N) is 3. The second-order valence-electron chi connectivity index (χ2n) is 9.00. The van der Waals surface area contributed by atoms with Gasteiger partial charge in [0.15, 0.2) is 5.65 Å². The molecule has 0 bridgehead atoms. The molecule has 2 fully saturated rings. The lowest BCUT2D eigenvalue weighted by Crippen LogP contribution is -2.34. The summed E-state index contributed by atoms with van der Waals surface area (Å²) in [6.45, 7) is 8.24. The van der Waals surface area contributed by atoms with Crippen LogP contribution in [0.25, 0.3) is 11.0 Å². The minimum absolute atomic E-state index is 0.163. The van der Waals surface area contributed by atoms with Gasteiger partial charge in [0.05, 0.1) is 27.6 Å². The van der Waals surface area contributed by atoms with E-state index in [-0.39, 0.29) is 18.0 Å². The number of carboxylic acid groups (broad SMARTS) is 1. The molecule has 0 unspecified atom stereocenters. The third-order valence-electron chi connectivity index (χ3n) is 5.60. The Labute approximate surface area is 158 Å². The van der Waals surface area contributed by atoms with Crippen LogP contribution in [0.4, 0.5) is 0 Å². The first-order valence-electron chi connectivity index (χ1n) is 9.55. The van der Waals surface area contributed by atoms with Gasteiger partial charge < -0.3 is 10.4 Å². The zero-order valence-electron chi connectivity index (χ0n) is 16.3. The average Bonchev–Trinajstić information content (AvgIpc) is 3.49. The summed E-state index contributed by atoms with van der Waals surface area (Å²) in [6.07, 6.45) is 3.40. The van der Waals surface area contributed by atoms with E-state index >= 15 is 0 Å². The van der Waals surface area contributed by atoms with Gasteiger partial charge >= 0.3 is 5.97 Å². The summed E-state index contributed by atoms with van der Waals surface area (Å²) in [7, 11) is 0. The molecule has 2 heterocycles. The Morgan fingerprint density at radius 3 is 2.52 bits per heavy atom. The Morgan fingerprint density at radius 2 is 2.00 bits per heavy atom. The number of aryl methyl sites for hydroxylation is 1. The molecule has 0 saturated heterocycles. The molecule has 7 nitrogen and oxygen atoms in total. The number of aliphatic carboxylic acids is 1. The maximum absolute atomic E-state index is 13.0. The van der Waals surface area contributed by atoms with E-state index in [9.17, 15) is 14.7 Å². The van der Waals surface area contributed by atoms with Gasteiger partial charge in [-0.2, -0.15) is 5.10 Å². The Kier molecular flexibility index (Phi) is 3.84. The molecule has 0 aliphatic heterocycles. The fraction of sp³-hybridized carbons (Fsp3) is 0.600. The zero-order chi connectivity index (χ0) is 19.6. The quantitative estimate of drug-likeness (QED) is 0.843. The van der Waals surface area contributed by atoms with Crippen LogP contribution in [0, 0.1) is 12.3 Å². The van der Waals surface area contributed by atoms with E-state index in [1.807, 2.05) is 17.7 Å². The van der Waals surface area contributed by atoms with Gasteiger partial charge in [-0.3, -0.25) is 9.59 Å². The minimum atomic E-state index is -0.835. The van der Waals surface area contributed by atoms with Gasteiger partial charge in [0.2, 0.25) is 0 Å². The molecule has 2 aromatic heterocycles. The first kappa shape index (κ1) is 17.9. The number of nitrogens with one attached hydrogen (secondary N) is 1. The summed E-state index contributed by atoms with van der Waals surface area (Å²) in [6, 6.07) is 1.87. The lowest BCUT2D eigenvalue weighted by atomic mass is 10.0. The third-order valence-corrected chi connectivity index (χ3v) is 5.60. The fourth-order valence-corrected chi connectivity index (χ4v) is 3.51. The lowest BCUT2D eigenvalue weighted by molar-refractivity contribution is -0.143. The third kappa shape index (κ3) is 3.09. The number of carboxylic acids is 1. The second kappa shape index (κ2) is 5.78. The maximum Gasteiger partial charge on any atom is 0.311 e. The highest BCUT2D eigenvalue weighted by Crippen LogP contribution is 2.45. The van der Waals surface area contributed by atoms with Crippen LogP contribution in [0.3, 0.4) is 0 Å². The van der Waals surface area contributed by atoms with Gasteiger partial charge in [-0.05, 0) is 59.4 Å². The van der Waals surface area contributed by atoms with E-state index in [2.05, 4.69) is 31.2 Å². The first-order chi connectivity index (χ1) is 12.6. The summed E-state index contributed by atoms with van der Waals surface area (Å²) in [5.41, 5.74) is 1.93. The summed E-state index contributed by atoms with van der Waals surface area (Å²) in [5.74, 6) is -0.676. The topological polar surface area (TPSA) is 97.1 Å². The fourth-order valence-electron chi connectivity index (χ4n) is 3.51. The maximum atomic E-state index is 13.0. The molecule has 7 heteroatoms. The van der Waals surface area contributed by atoms with Crippen molar-refractivity contribution in [3.05, 3.63) is 23.0 Å². The highest BCUT2D eigenvalue weighted by Gasteiger charge is 2.50. The molecule has 0 atom stereocenters. The number of carbonyl (C=O) groups excluding carboxylic acids is 1. The van der Waals surface area contributed by atoms with Crippen molar-refractivity contribution in [3.8, 4) is 0 Å². The van der Waals surface area contributed by atoms with Crippen molar-refractivity contribution < 1.29 is 14.7 Å². The standard InChI is InChI=1S/C20H26N4O3/c1-11-15-13(17(25)21-10-20(7-8-20)18(26)27)9-14(12-5-6-12)22-16(15)24(23-11)19(2,3)4/h9,12H,5-8,10H2,1-4H3,(H,21,25)(H,26,27). The van der Waals surface area contributed by atoms with E-state index in [4.69, 9.17) is 4.98 Å². The predicted octanol–water partition coefficient (Wildman–Crippen LogP) is 2.97. The Bertz CT molecular complexity index is 946.